The predicted molar refractivity (Wildman–Crippen MR) is 72.0 cm³/mol. The van der Waals surface area contributed by atoms with Gasteiger partial charge < -0.3 is 14.4 Å². The number of nitrogens with zero attached hydrogens (tertiary/aromatic N) is 1. The second-order valence-electron chi connectivity index (χ2n) is 6.09. The maximum Gasteiger partial charge on any atom is 0.410 e. The van der Waals surface area contributed by atoms with Crippen LogP contribution in [0.2, 0.25) is 0 Å². The minimum absolute atomic E-state index is 0.126. The van der Waals surface area contributed by atoms with Crippen molar-refractivity contribution in [3.05, 3.63) is 0 Å². The first-order valence-electron chi connectivity index (χ1n) is 8.11. The van der Waals surface area contributed by atoms with Crippen molar-refractivity contribution in [3.63, 3.8) is 0 Å². The Morgan fingerprint density at radius 3 is 2.48 bits per heavy atom. The molecule has 1 aliphatic heterocycles. The predicted octanol–water partition coefficient (Wildman–Crippen LogP) is 2.69. The third-order valence-corrected chi connectivity index (χ3v) is 3.29. The first kappa shape index (κ1) is 13.3. The molecular weight excluding hydrogens is 284 g/mol. The molecule has 0 spiro atoms. The third-order valence-electron chi connectivity index (χ3n) is 3.29. The van der Waals surface area contributed by atoms with Crippen molar-refractivity contribution in [1.82, 2.24) is 4.90 Å². The van der Waals surface area contributed by atoms with Crippen LogP contribution in [0.3, 0.4) is 0 Å². The minimum atomic E-state index is -3.07. The van der Waals surface area contributed by atoms with Gasteiger partial charge in [0.1, 0.15) is 5.60 Å². The number of halogens is 2. The molecule has 21 heavy (non-hydrogen) atoms. The van der Waals surface area contributed by atoms with Gasteiger partial charge in [0.2, 0.25) is 6.43 Å². The van der Waals surface area contributed by atoms with Crippen LogP contribution in [-0.2, 0) is 14.3 Å². The van der Waals surface area contributed by atoms with Crippen molar-refractivity contribution in [2.75, 3.05) is 20.2 Å². The third kappa shape index (κ3) is 4.04. The molecule has 2 atom stereocenters. The van der Waals surface area contributed by atoms with Crippen molar-refractivity contribution in [2.24, 2.45) is 11.3 Å². The minimum Gasteiger partial charge on any atom is -0.469 e. The summed E-state index contributed by atoms with van der Waals surface area (Å²) in [5, 5.41) is 0. The second-order valence-corrected chi connectivity index (χ2v) is 6.09. The van der Waals surface area contributed by atoms with Crippen molar-refractivity contribution >= 4 is 12.1 Å². The van der Waals surface area contributed by atoms with Crippen LogP contribution in [0, 0.1) is 11.3 Å². The zero-order valence-electron chi connectivity index (χ0n) is 15.6. The lowest BCUT2D eigenvalue weighted by Crippen LogP contribution is -2.56. The quantitative estimate of drug-likeness (QED) is 0.736. The van der Waals surface area contributed by atoms with E-state index in [0.29, 0.717) is 0 Å². The molecule has 0 saturated carbocycles. The van der Waals surface area contributed by atoms with Gasteiger partial charge in [-0.05, 0) is 34.0 Å². The SMILES string of the molecule is [2H]C([2H])([2H])[C@@]1(C(=O)OC)CN(C(=O)OC(C)(C)C)CC[C@@H]1C(F)F. The van der Waals surface area contributed by atoms with E-state index < -0.39 is 48.8 Å². The van der Waals surface area contributed by atoms with Gasteiger partial charge in [0.25, 0.3) is 0 Å². The van der Waals surface area contributed by atoms with Crippen molar-refractivity contribution in [1.29, 1.82) is 0 Å². The molecule has 5 nitrogen and oxygen atoms in total. The van der Waals surface area contributed by atoms with E-state index in [0.717, 1.165) is 12.0 Å². The summed E-state index contributed by atoms with van der Waals surface area (Å²) in [6, 6.07) is 0. The largest absolute Gasteiger partial charge is 0.469 e. The number of methoxy groups -OCH3 is 1. The summed E-state index contributed by atoms with van der Waals surface area (Å²) in [4.78, 5) is 25.4. The van der Waals surface area contributed by atoms with E-state index in [1.165, 1.54) is 0 Å². The van der Waals surface area contributed by atoms with Crippen LogP contribution in [-0.4, -0.2) is 49.2 Å². The normalized spacial score (nSPS) is 29.4. The Hall–Kier alpha value is -1.40. The molecule has 0 aliphatic carbocycles. The molecule has 1 saturated heterocycles. The topological polar surface area (TPSA) is 55.8 Å². The Morgan fingerprint density at radius 2 is 2.05 bits per heavy atom. The highest BCUT2D eigenvalue weighted by molar-refractivity contribution is 5.78. The number of piperidine rings is 1. The van der Waals surface area contributed by atoms with Crippen LogP contribution in [0.1, 0.15) is 38.2 Å². The molecule has 122 valence electrons. The zero-order valence-corrected chi connectivity index (χ0v) is 12.6. The fraction of sp³-hybridized carbons (Fsp3) is 0.857. The summed E-state index contributed by atoms with van der Waals surface area (Å²) in [5.41, 5.74) is -3.34. The average molecular weight is 310 g/mol. The van der Waals surface area contributed by atoms with Gasteiger partial charge >= 0.3 is 12.1 Å². The van der Waals surface area contributed by atoms with E-state index in [9.17, 15) is 18.4 Å². The van der Waals surface area contributed by atoms with Gasteiger partial charge in [-0.15, -0.1) is 0 Å². The lowest BCUT2D eigenvalue weighted by Gasteiger charge is -2.43. The van der Waals surface area contributed by atoms with E-state index in [-0.39, 0.29) is 13.0 Å². The molecule has 1 heterocycles. The van der Waals surface area contributed by atoms with Crippen LogP contribution in [0.15, 0.2) is 0 Å². The lowest BCUT2D eigenvalue weighted by molar-refractivity contribution is -0.165. The van der Waals surface area contributed by atoms with Gasteiger partial charge in [-0.2, -0.15) is 0 Å². The molecule has 0 bridgehead atoms. The molecule has 1 aliphatic rings. The number of carbonyl (C=O) groups is 2. The zero-order chi connectivity index (χ0) is 18.9. The molecule has 0 N–H and O–H groups in total. The molecule has 0 radical (unpaired) electrons. The number of hydrogen-bond donors (Lipinski definition) is 0. The van der Waals surface area contributed by atoms with Gasteiger partial charge in [-0.3, -0.25) is 4.79 Å². The summed E-state index contributed by atoms with van der Waals surface area (Å²) in [6.07, 6.45) is -4.23. The van der Waals surface area contributed by atoms with Crippen molar-refractivity contribution in [3.8, 4) is 0 Å². The number of alkyl halides is 2. The van der Waals surface area contributed by atoms with Gasteiger partial charge in [0.15, 0.2) is 0 Å². The maximum atomic E-state index is 13.4. The Labute approximate surface area is 127 Å². The van der Waals surface area contributed by atoms with Crippen LogP contribution in [0.5, 0.6) is 0 Å². The number of carbonyl (C=O) groups excluding carboxylic acids is 2. The average Bonchev–Trinajstić information content (AvgIpc) is 2.42. The Balaban J connectivity index is 3.27. The number of esters is 1. The van der Waals surface area contributed by atoms with Crippen LogP contribution in [0.4, 0.5) is 13.6 Å². The first-order valence-corrected chi connectivity index (χ1v) is 6.61. The maximum absolute atomic E-state index is 13.4. The monoisotopic (exact) mass is 310 g/mol. The highest BCUT2D eigenvalue weighted by Gasteiger charge is 2.51. The van der Waals surface area contributed by atoms with E-state index in [2.05, 4.69) is 4.74 Å². The first-order chi connectivity index (χ1) is 10.8. The van der Waals surface area contributed by atoms with E-state index >= 15 is 0 Å². The Kier molecular flexibility index (Phi) is 3.89. The molecule has 0 unspecified atom stereocenters. The molecule has 7 heteroatoms. The van der Waals surface area contributed by atoms with Crippen LogP contribution in [0.25, 0.3) is 0 Å². The van der Waals surface area contributed by atoms with Gasteiger partial charge in [0, 0.05) is 23.1 Å². The fourth-order valence-corrected chi connectivity index (χ4v) is 2.26. The summed E-state index contributed by atoms with van der Waals surface area (Å²) >= 11 is 0. The number of hydrogen-bond acceptors (Lipinski definition) is 4. The lowest BCUT2D eigenvalue weighted by atomic mass is 9.72. The summed E-state index contributed by atoms with van der Waals surface area (Å²) in [5.74, 6) is -3.02. The summed E-state index contributed by atoms with van der Waals surface area (Å²) < 4.78 is 59.6. The number of amides is 1. The number of likely N-dealkylation sites (tertiary alicyclic amines) is 1. The van der Waals surface area contributed by atoms with Crippen LogP contribution >= 0.6 is 0 Å². The van der Waals surface area contributed by atoms with E-state index in [4.69, 9.17) is 8.85 Å². The van der Waals surface area contributed by atoms with Gasteiger partial charge in [-0.1, -0.05) is 0 Å². The molecule has 0 aromatic heterocycles. The van der Waals surface area contributed by atoms with Crippen molar-refractivity contribution < 1.29 is 32.0 Å². The molecule has 1 fully saturated rings. The molecule has 0 aromatic carbocycles. The summed E-state index contributed by atoms with van der Waals surface area (Å²) in [7, 11) is 0.935. The highest BCUT2D eigenvalue weighted by atomic mass is 19.3. The smallest absolute Gasteiger partial charge is 0.410 e. The number of rotatable bonds is 2. The van der Waals surface area contributed by atoms with E-state index in [1.807, 2.05) is 0 Å². The van der Waals surface area contributed by atoms with Crippen molar-refractivity contribution in [2.45, 2.75) is 46.1 Å². The second kappa shape index (κ2) is 6.15. The standard InChI is InChI=1S/C14H23F2NO4/c1-13(2,3)21-12(19)17-7-6-9(10(15)16)14(4,8-17)11(18)20-5/h9-10H,6-8H2,1-5H3/t9-,14-/m1/s1/i4D3. The molecule has 0 aromatic rings. The van der Waals surface area contributed by atoms with Crippen LogP contribution < -0.4 is 0 Å². The number of ether oxygens (including phenoxy) is 2. The van der Waals surface area contributed by atoms with Gasteiger partial charge in [0.05, 0.1) is 12.5 Å². The fourth-order valence-electron chi connectivity index (χ4n) is 2.26. The molecule has 1 amide bonds. The molecule has 1 rings (SSSR count). The molecular formula is C14H23F2NO4. The Morgan fingerprint density at radius 1 is 1.43 bits per heavy atom. The Bertz CT molecular complexity index is 493. The highest BCUT2D eigenvalue weighted by Crippen LogP contribution is 2.40. The van der Waals surface area contributed by atoms with E-state index in [1.54, 1.807) is 20.8 Å². The van der Waals surface area contributed by atoms with Gasteiger partial charge in [-0.25, -0.2) is 13.6 Å². The summed E-state index contributed by atoms with van der Waals surface area (Å²) in [6.45, 7) is 0.955.